The molecule has 0 spiro atoms. The normalized spacial score (nSPS) is 11.5. The molecule has 0 saturated carbocycles. The van der Waals surface area contributed by atoms with Crippen LogP contribution in [0, 0.1) is 6.92 Å². The van der Waals surface area contributed by atoms with E-state index in [-0.39, 0.29) is 21.4 Å². The van der Waals surface area contributed by atoms with Crippen LogP contribution < -0.4 is 11.1 Å². The predicted molar refractivity (Wildman–Crippen MR) is 99.0 cm³/mol. The molecule has 3 rings (SSSR count). The van der Waals surface area contributed by atoms with Gasteiger partial charge >= 0.3 is 0 Å². The van der Waals surface area contributed by atoms with Crippen molar-refractivity contribution in [3.8, 4) is 5.75 Å². The van der Waals surface area contributed by atoms with Crippen LogP contribution in [0.15, 0.2) is 53.4 Å². The number of nitrogens with two attached hydrogens (primary N) is 1. The molecule has 1 amide bonds. The first kappa shape index (κ1) is 17.7. The second-order valence-corrected chi connectivity index (χ2v) is 7.23. The Bertz CT molecular complexity index is 1140. The number of hydrogen-bond donors (Lipinski definition) is 4. The topological polar surface area (TPSA) is 130 Å². The van der Waals surface area contributed by atoms with E-state index in [1.165, 1.54) is 30.3 Å². The Labute approximate surface area is 149 Å². The zero-order valence-electron chi connectivity index (χ0n) is 13.7. The molecule has 0 atom stereocenters. The van der Waals surface area contributed by atoms with E-state index in [4.69, 9.17) is 5.73 Å². The number of carbonyl (C=O) groups excluding carboxylic acids is 1. The standard InChI is InChI=1S/C18H16N2O5S/c1-10-8-11(2-5-15(10)19)18(22)20-16-6-7-17(26(23,24)25)13-4-3-12(21)9-14(13)16/h2-9,21H,19H2,1H3,(H,20,22)(H,23,24,25). The molecule has 0 saturated heterocycles. The first-order chi connectivity index (χ1) is 12.2. The third-order valence-corrected chi connectivity index (χ3v) is 4.93. The van der Waals surface area contributed by atoms with Gasteiger partial charge in [0.05, 0.1) is 0 Å². The lowest BCUT2D eigenvalue weighted by Crippen LogP contribution is -2.13. The maximum atomic E-state index is 12.5. The monoisotopic (exact) mass is 372 g/mol. The number of benzene rings is 3. The number of nitrogen functional groups attached to an aromatic ring is 1. The van der Waals surface area contributed by atoms with Gasteiger partial charge in [0.15, 0.2) is 0 Å². The van der Waals surface area contributed by atoms with Crippen LogP contribution in [0.25, 0.3) is 10.8 Å². The van der Waals surface area contributed by atoms with E-state index in [1.54, 1.807) is 25.1 Å². The minimum Gasteiger partial charge on any atom is -0.508 e. The lowest BCUT2D eigenvalue weighted by molar-refractivity contribution is 0.102. The summed E-state index contributed by atoms with van der Waals surface area (Å²) in [5.74, 6) is -0.527. The summed E-state index contributed by atoms with van der Waals surface area (Å²) in [6.07, 6.45) is 0. The summed E-state index contributed by atoms with van der Waals surface area (Å²) in [7, 11) is -4.46. The summed E-state index contributed by atoms with van der Waals surface area (Å²) in [4.78, 5) is 12.2. The van der Waals surface area contributed by atoms with Crippen LogP contribution in [0.3, 0.4) is 0 Å². The molecule has 0 fully saturated rings. The van der Waals surface area contributed by atoms with E-state index in [2.05, 4.69) is 5.32 Å². The molecule has 0 heterocycles. The quantitative estimate of drug-likeness (QED) is 0.413. The fourth-order valence-electron chi connectivity index (χ4n) is 2.65. The van der Waals surface area contributed by atoms with Crippen LogP contribution in [0.2, 0.25) is 0 Å². The van der Waals surface area contributed by atoms with Crippen molar-refractivity contribution >= 4 is 38.2 Å². The number of carbonyl (C=O) groups is 1. The van der Waals surface area contributed by atoms with Crippen molar-refractivity contribution in [3.63, 3.8) is 0 Å². The number of fused-ring (bicyclic) bond motifs is 1. The van der Waals surface area contributed by atoms with Crippen molar-refractivity contribution in [2.45, 2.75) is 11.8 Å². The van der Waals surface area contributed by atoms with E-state index in [0.717, 1.165) is 5.56 Å². The van der Waals surface area contributed by atoms with Gasteiger partial charge in [0.25, 0.3) is 16.0 Å². The maximum Gasteiger partial charge on any atom is 0.295 e. The number of hydrogen-bond acceptors (Lipinski definition) is 5. The van der Waals surface area contributed by atoms with Crippen molar-refractivity contribution in [2.24, 2.45) is 0 Å². The predicted octanol–water partition coefficient (Wildman–Crippen LogP) is 2.94. The molecule has 3 aromatic rings. The second kappa shape index (κ2) is 6.32. The number of aromatic hydroxyl groups is 1. The summed E-state index contributed by atoms with van der Waals surface area (Å²) in [5, 5.41) is 12.9. The zero-order chi connectivity index (χ0) is 19.1. The molecule has 5 N–H and O–H groups in total. The zero-order valence-corrected chi connectivity index (χ0v) is 14.5. The van der Waals surface area contributed by atoms with Gasteiger partial charge in [0, 0.05) is 27.7 Å². The smallest absolute Gasteiger partial charge is 0.295 e. The maximum absolute atomic E-state index is 12.5. The number of anilines is 2. The molecular formula is C18H16N2O5S. The number of nitrogens with one attached hydrogen (secondary N) is 1. The second-order valence-electron chi connectivity index (χ2n) is 5.84. The van der Waals surface area contributed by atoms with Crippen LogP contribution in [-0.2, 0) is 10.1 Å². The van der Waals surface area contributed by atoms with Gasteiger partial charge in [-0.1, -0.05) is 0 Å². The van der Waals surface area contributed by atoms with Crippen LogP contribution in [0.1, 0.15) is 15.9 Å². The molecule has 134 valence electrons. The fourth-order valence-corrected chi connectivity index (χ4v) is 3.35. The summed E-state index contributed by atoms with van der Waals surface area (Å²) < 4.78 is 32.5. The van der Waals surface area contributed by atoms with Gasteiger partial charge < -0.3 is 16.2 Å². The molecule has 3 aromatic carbocycles. The van der Waals surface area contributed by atoms with Gasteiger partial charge in [-0.3, -0.25) is 9.35 Å². The minimum atomic E-state index is -4.46. The number of phenols is 1. The van der Waals surface area contributed by atoms with Crippen molar-refractivity contribution in [1.29, 1.82) is 0 Å². The molecule has 0 aliphatic rings. The third-order valence-electron chi connectivity index (χ3n) is 4.02. The highest BCUT2D eigenvalue weighted by atomic mass is 32.2. The van der Waals surface area contributed by atoms with Gasteiger partial charge in [0.1, 0.15) is 10.6 Å². The Morgan fingerprint density at radius 1 is 1.04 bits per heavy atom. The van der Waals surface area contributed by atoms with Crippen LogP contribution >= 0.6 is 0 Å². The van der Waals surface area contributed by atoms with E-state index in [1.807, 2.05) is 0 Å². The molecule has 0 aromatic heterocycles. The van der Waals surface area contributed by atoms with E-state index >= 15 is 0 Å². The summed E-state index contributed by atoms with van der Waals surface area (Å²) in [6.45, 7) is 1.78. The first-order valence-corrected chi connectivity index (χ1v) is 9.01. The Balaban J connectivity index is 2.09. The summed E-state index contributed by atoms with van der Waals surface area (Å²) >= 11 is 0. The highest BCUT2D eigenvalue weighted by Crippen LogP contribution is 2.32. The lowest BCUT2D eigenvalue weighted by atomic mass is 10.1. The van der Waals surface area contributed by atoms with Gasteiger partial charge in [-0.05, 0) is 61.0 Å². The Morgan fingerprint density at radius 2 is 1.77 bits per heavy atom. The van der Waals surface area contributed by atoms with Crippen LogP contribution in [0.5, 0.6) is 5.75 Å². The molecular weight excluding hydrogens is 356 g/mol. The molecule has 0 bridgehead atoms. The van der Waals surface area contributed by atoms with Crippen LogP contribution in [0.4, 0.5) is 11.4 Å². The molecule has 0 unspecified atom stereocenters. The van der Waals surface area contributed by atoms with Crippen molar-refractivity contribution in [3.05, 3.63) is 59.7 Å². The highest BCUT2D eigenvalue weighted by molar-refractivity contribution is 7.86. The highest BCUT2D eigenvalue weighted by Gasteiger charge is 2.17. The average molecular weight is 372 g/mol. The number of rotatable bonds is 3. The van der Waals surface area contributed by atoms with Crippen molar-refractivity contribution in [2.75, 3.05) is 11.1 Å². The Kier molecular flexibility index (Phi) is 4.31. The number of phenolic OH excluding ortho intramolecular Hbond substituents is 1. The Hall–Kier alpha value is -3.10. The molecule has 0 aliphatic carbocycles. The van der Waals surface area contributed by atoms with Gasteiger partial charge in [-0.25, -0.2) is 0 Å². The number of aryl methyl sites for hydroxylation is 1. The van der Waals surface area contributed by atoms with E-state index in [0.29, 0.717) is 16.9 Å². The molecule has 7 nitrogen and oxygen atoms in total. The average Bonchev–Trinajstić information content (AvgIpc) is 2.56. The number of amides is 1. The van der Waals surface area contributed by atoms with Crippen LogP contribution in [-0.4, -0.2) is 24.0 Å². The fraction of sp³-hybridized carbons (Fsp3) is 0.0556. The van der Waals surface area contributed by atoms with E-state index in [9.17, 15) is 22.9 Å². The Morgan fingerprint density at radius 3 is 2.42 bits per heavy atom. The summed E-state index contributed by atoms with van der Waals surface area (Å²) in [6, 6.07) is 11.3. The van der Waals surface area contributed by atoms with E-state index < -0.39 is 16.0 Å². The minimum absolute atomic E-state index is 0.108. The van der Waals surface area contributed by atoms with Gasteiger partial charge in [-0.15, -0.1) is 0 Å². The molecule has 0 radical (unpaired) electrons. The molecule has 8 heteroatoms. The first-order valence-electron chi connectivity index (χ1n) is 7.57. The largest absolute Gasteiger partial charge is 0.508 e. The molecule has 0 aliphatic heterocycles. The lowest BCUT2D eigenvalue weighted by Gasteiger charge is -2.12. The van der Waals surface area contributed by atoms with Crippen molar-refractivity contribution < 1.29 is 22.9 Å². The third kappa shape index (κ3) is 3.32. The summed E-state index contributed by atoms with van der Waals surface area (Å²) in [5.41, 5.74) is 7.74. The van der Waals surface area contributed by atoms with Crippen molar-refractivity contribution in [1.82, 2.24) is 0 Å². The SMILES string of the molecule is Cc1cc(C(=O)Nc2ccc(S(=O)(=O)O)c3ccc(O)cc23)ccc1N. The van der Waals surface area contributed by atoms with Gasteiger partial charge in [0.2, 0.25) is 0 Å². The van der Waals surface area contributed by atoms with Gasteiger partial charge in [-0.2, -0.15) is 8.42 Å². The molecule has 26 heavy (non-hydrogen) atoms.